The number of ether oxygens (including phenoxy) is 4. The third-order valence-electron chi connectivity index (χ3n) is 3.92. The normalized spacial score (nSPS) is 28.1. The summed E-state index contributed by atoms with van der Waals surface area (Å²) < 4.78 is 21.9. The van der Waals surface area contributed by atoms with E-state index in [-0.39, 0.29) is 0 Å². The van der Waals surface area contributed by atoms with Crippen molar-refractivity contribution < 1.29 is 33.3 Å². The molecule has 0 aromatic heterocycles. The molecular formula is C18H23O7P. The van der Waals surface area contributed by atoms with Crippen LogP contribution in [-0.2, 0) is 33.3 Å². The molecule has 1 heterocycles. The summed E-state index contributed by atoms with van der Waals surface area (Å²) in [5.74, 6) is -2.14. The molecule has 1 aliphatic rings. The third-order valence-corrected chi connectivity index (χ3v) is 6.65. The summed E-state index contributed by atoms with van der Waals surface area (Å²) >= 11 is 0. The molecule has 26 heavy (non-hydrogen) atoms. The van der Waals surface area contributed by atoms with Gasteiger partial charge < -0.3 is 18.9 Å². The molecule has 0 spiro atoms. The molecule has 142 valence electrons. The zero-order chi connectivity index (χ0) is 19.3. The Bertz CT molecular complexity index is 648. The Hall–Kier alpha value is -1.98. The van der Waals surface area contributed by atoms with Crippen LogP contribution < -0.4 is 5.30 Å². The summed E-state index contributed by atoms with van der Waals surface area (Å²) in [5, 5.41) is 0.956. The second kappa shape index (κ2) is 9.10. The molecule has 2 rings (SSSR count). The fourth-order valence-electron chi connectivity index (χ4n) is 3.05. The third kappa shape index (κ3) is 5.02. The quantitative estimate of drug-likeness (QED) is 0.434. The van der Waals surface area contributed by atoms with Crippen molar-refractivity contribution in [3.05, 3.63) is 30.3 Å². The largest absolute Gasteiger partial charge is 0.459 e. The maximum absolute atomic E-state index is 11.7. The van der Waals surface area contributed by atoms with Crippen LogP contribution in [0.15, 0.2) is 30.3 Å². The minimum Gasteiger partial charge on any atom is -0.459 e. The highest BCUT2D eigenvalue weighted by Gasteiger charge is 2.50. The summed E-state index contributed by atoms with van der Waals surface area (Å²) in [6.07, 6.45) is -1.77. The molecule has 0 radical (unpaired) electrons. The molecule has 0 aliphatic carbocycles. The number of rotatable bonds is 5. The molecule has 7 nitrogen and oxygen atoms in total. The lowest BCUT2D eigenvalue weighted by Gasteiger charge is -2.44. The molecule has 0 saturated carbocycles. The zero-order valence-corrected chi connectivity index (χ0v) is 16.1. The number of carbonyl (C=O) groups is 3. The molecule has 1 aromatic carbocycles. The second-order valence-corrected chi connectivity index (χ2v) is 8.24. The van der Waals surface area contributed by atoms with Gasteiger partial charge in [-0.1, -0.05) is 30.3 Å². The number of carbonyl (C=O) groups excluding carboxylic acids is 3. The van der Waals surface area contributed by atoms with Crippen molar-refractivity contribution in [2.45, 2.75) is 44.9 Å². The Morgan fingerprint density at radius 2 is 1.46 bits per heavy atom. The topological polar surface area (TPSA) is 88.1 Å². The van der Waals surface area contributed by atoms with Crippen LogP contribution in [0.2, 0.25) is 0 Å². The maximum atomic E-state index is 11.7. The minimum absolute atomic E-state index is 0.438. The van der Waals surface area contributed by atoms with Crippen LogP contribution in [0, 0.1) is 0 Å². The van der Waals surface area contributed by atoms with Gasteiger partial charge >= 0.3 is 17.9 Å². The smallest absolute Gasteiger partial charge is 0.303 e. The van der Waals surface area contributed by atoms with Crippen molar-refractivity contribution in [1.29, 1.82) is 0 Å². The Balaban J connectivity index is 2.46. The average Bonchev–Trinajstić information content (AvgIpc) is 2.56. The van der Waals surface area contributed by atoms with Crippen molar-refractivity contribution in [2.75, 3.05) is 13.3 Å². The number of methoxy groups -OCH3 is 1. The lowest BCUT2D eigenvalue weighted by Crippen LogP contribution is -2.56. The summed E-state index contributed by atoms with van der Waals surface area (Å²) in [7, 11) is 0.331. The fourth-order valence-corrected chi connectivity index (χ4v) is 5.84. The van der Waals surface area contributed by atoms with Crippen molar-refractivity contribution >= 4 is 31.1 Å². The van der Waals surface area contributed by atoms with Gasteiger partial charge in [-0.2, -0.15) is 0 Å². The molecule has 1 saturated heterocycles. The Kier molecular flexibility index (Phi) is 7.12. The Morgan fingerprint density at radius 1 is 0.885 bits per heavy atom. The highest BCUT2D eigenvalue weighted by Crippen LogP contribution is 2.50. The van der Waals surface area contributed by atoms with Crippen molar-refractivity contribution in [2.24, 2.45) is 0 Å². The van der Waals surface area contributed by atoms with E-state index in [9.17, 15) is 14.4 Å². The molecule has 1 aliphatic heterocycles. The molecule has 5 atom stereocenters. The maximum Gasteiger partial charge on any atom is 0.303 e. The molecule has 0 N–H and O–H groups in total. The highest BCUT2D eigenvalue weighted by molar-refractivity contribution is 7.66. The van der Waals surface area contributed by atoms with E-state index in [0.717, 1.165) is 5.30 Å². The van der Waals surface area contributed by atoms with E-state index in [2.05, 4.69) is 0 Å². The second-order valence-electron chi connectivity index (χ2n) is 5.91. The lowest BCUT2D eigenvalue weighted by molar-refractivity contribution is -0.184. The molecule has 1 fully saturated rings. The van der Waals surface area contributed by atoms with Crippen molar-refractivity contribution in [1.82, 2.24) is 0 Å². The summed E-state index contributed by atoms with van der Waals surface area (Å²) in [4.78, 5) is 34.9. The van der Waals surface area contributed by atoms with Gasteiger partial charge in [0.15, 0.2) is 11.9 Å². The van der Waals surface area contributed by atoms with Crippen LogP contribution in [-0.4, -0.2) is 55.3 Å². The first-order valence-corrected chi connectivity index (χ1v) is 9.79. The van der Waals surface area contributed by atoms with Crippen molar-refractivity contribution in [3.8, 4) is 0 Å². The van der Waals surface area contributed by atoms with E-state index in [1.54, 1.807) is 0 Å². The van der Waals surface area contributed by atoms with Gasteiger partial charge in [0.1, 0.15) is 12.2 Å². The highest BCUT2D eigenvalue weighted by atomic mass is 31.1. The lowest BCUT2D eigenvalue weighted by atomic mass is 10.1. The standard InChI is InChI=1S/C18H23O7P/c1-11(19)23-15-10-26(14-8-6-5-7-9-14)18(25-13(3)21)17(16(15)22-4)24-12(2)20/h5-9,15-18H,10H2,1-4H3/t15-,16+,17-,18-,26-/m1/s1. The number of benzene rings is 1. The van der Waals surface area contributed by atoms with Crippen LogP contribution in [0.3, 0.4) is 0 Å². The molecular weight excluding hydrogens is 359 g/mol. The number of hydrogen-bond acceptors (Lipinski definition) is 7. The van der Waals surface area contributed by atoms with Crippen LogP contribution in [0.5, 0.6) is 0 Å². The summed E-state index contributed by atoms with van der Waals surface area (Å²) in [5.41, 5.74) is 0. The van der Waals surface area contributed by atoms with Gasteiger partial charge in [0.05, 0.1) is 0 Å². The molecule has 0 bridgehead atoms. The van der Waals surface area contributed by atoms with Gasteiger partial charge in [0.25, 0.3) is 0 Å². The molecule has 1 aromatic rings. The molecule has 0 unspecified atom stereocenters. The van der Waals surface area contributed by atoms with Gasteiger partial charge in [-0.05, 0) is 13.2 Å². The van der Waals surface area contributed by atoms with E-state index in [0.29, 0.717) is 6.16 Å². The van der Waals surface area contributed by atoms with Crippen molar-refractivity contribution in [3.63, 3.8) is 0 Å². The van der Waals surface area contributed by atoms with E-state index >= 15 is 0 Å². The number of esters is 3. The fraction of sp³-hybridized carbons (Fsp3) is 0.500. The summed E-state index contributed by atoms with van der Waals surface area (Å²) in [6, 6.07) is 9.49. The number of hydrogen-bond donors (Lipinski definition) is 0. The van der Waals surface area contributed by atoms with Gasteiger partial charge in [-0.3, -0.25) is 14.4 Å². The van der Waals surface area contributed by atoms with E-state index in [1.807, 2.05) is 30.3 Å². The SMILES string of the molecule is CO[C@@H]1[C@@H](OC(C)=O)[C@H](OC(C)=O)[P@@](c2ccccc2)C[C@H]1OC(C)=O. The Labute approximate surface area is 153 Å². The summed E-state index contributed by atoms with van der Waals surface area (Å²) in [6.45, 7) is 3.90. The monoisotopic (exact) mass is 382 g/mol. The zero-order valence-electron chi connectivity index (χ0n) is 15.2. The van der Waals surface area contributed by atoms with E-state index in [1.165, 1.54) is 27.9 Å². The van der Waals surface area contributed by atoms with Crippen LogP contribution in [0.1, 0.15) is 20.8 Å². The minimum atomic E-state index is -1.11. The first kappa shape index (κ1) is 20.3. The predicted molar refractivity (Wildman–Crippen MR) is 95.3 cm³/mol. The molecule has 8 heteroatoms. The van der Waals surface area contributed by atoms with Crippen LogP contribution >= 0.6 is 7.92 Å². The van der Waals surface area contributed by atoms with E-state index in [4.69, 9.17) is 18.9 Å². The van der Waals surface area contributed by atoms with E-state index < -0.39 is 50.0 Å². The average molecular weight is 382 g/mol. The van der Waals surface area contributed by atoms with Gasteiger partial charge in [-0.15, -0.1) is 0 Å². The van der Waals surface area contributed by atoms with Crippen LogP contribution in [0.25, 0.3) is 0 Å². The first-order chi connectivity index (χ1) is 12.3. The first-order valence-electron chi connectivity index (χ1n) is 8.19. The van der Waals surface area contributed by atoms with Crippen LogP contribution in [0.4, 0.5) is 0 Å². The van der Waals surface area contributed by atoms with Gasteiger partial charge in [-0.25, -0.2) is 0 Å². The van der Waals surface area contributed by atoms with Gasteiger partial charge in [0, 0.05) is 34.0 Å². The van der Waals surface area contributed by atoms with Gasteiger partial charge in [0.2, 0.25) is 0 Å². The predicted octanol–water partition coefficient (Wildman–Crippen LogP) is 1.57. The molecule has 0 amide bonds. The Morgan fingerprint density at radius 3 is 1.96 bits per heavy atom.